The molecule has 0 saturated carbocycles. The molecule has 0 aromatic heterocycles. The van der Waals surface area contributed by atoms with E-state index in [9.17, 15) is 19.7 Å². The lowest BCUT2D eigenvalue weighted by Gasteiger charge is -2.38. The highest BCUT2D eigenvalue weighted by atomic mass is 35.5. The molecule has 1 heterocycles. The number of ketones is 2. The van der Waals surface area contributed by atoms with Crippen LogP contribution in [0.4, 0.5) is 11.4 Å². The van der Waals surface area contributed by atoms with E-state index >= 15 is 0 Å². The Morgan fingerprint density at radius 2 is 1.36 bits per heavy atom. The minimum absolute atomic E-state index is 0.0473. The van der Waals surface area contributed by atoms with Crippen LogP contribution in [-0.4, -0.2) is 47.6 Å². The van der Waals surface area contributed by atoms with Gasteiger partial charge in [-0.05, 0) is 6.07 Å². The van der Waals surface area contributed by atoms with Crippen molar-refractivity contribution in [2.45, 2.75) is 0 Å². The second-order valence-electron chi connectivity index (χ2n) is 6.59. The van der Waals surface area contributed by atoms with E-state index in [0.717, 1.165) is 0 Å². The number of fused-ring (bicyclic) bond motifs is 1. The summed E-state index contributed by atoms with van der Waals surface area (Å²) in [7, 11) is 0. The summed E-state index contributed by atoms with van der Waals surface area (Å²) >= 11 is 6.27. The molecule has 0 N–H and O–H groups in total. The number of carbonyl (C=O) groups is 2. The van der Waals surface area contributed by atoms with E-state index < -0.39 is 4.92 Å². The molecule has 7 nitrogen and oxygen atoms in total. The molecule has 8 heteroatoms. The lowest BCUT2D eigenvalue weighted by atomic mass is 9.91. The fourth-order valence-corrected chi connectivity index (χ4v) is 3.98. The van der Waals surface area contributed by atoms with Crippen LogP contribution in [0.15, 0.2) is 59.3 Å². The van der Waals surface area contributed by atoms with Gasteiger partial charge in [-0.2, -0.15) is 0 Å². The van der Waals surface area contributed by atoms with E-state index in [0.29, 0.717) is 43.0 Å². The normalized spacial score (nSPS) is 17.0. The third-order valence-electron chi connectivity index (χ3n) is 5.05. The number of halogens is 1. The quantitative estimate of drug-likeness (QED) is 0.584. The number of hydrogen-bond acceptors (Lipinski definition) is 6. The smallest absolute Gasteiger partial charge is 0.292 e. The van der Waals surface area contributed by atoms with Gasteiger partial charge in [0.1, 0.15) is 16.4 Å². The number of piperazine rings is 1. The van der Waals surface area contributed by atoms with Gasteiger partial charge in [-0.3, -0.25) is 19.7 Å². The van der Waals surface area contributed by atoms with Crippen LogP contribution in [0.5, 0.6) is 0 Å². The van der Waals surface area contributed by atoms with Crippen LogP contribution in [0.25, 0.3) is 0 Å². The van der Waals surface area contributed by atoms with Crippen molar-refractivity contribution in [3.8, 4) is 0 Å². The zero-order chi connectivity index (χ0) is 19.8. The molecule has 1 aliphatic carbocycles. The summed E-state index contributed by atoms with van der Waals surface area (Å²) in [6, 6.07) is 13.2. The molecule has 1 saturated heterocycles. The molecule has 0 bridgehead atoms. The highest BCUT2D eigenvalue weighted by molar-refractivity contribution is 6.49. The van der Waals surface area contributed by atoms with Crippen LogP contribution in [0, 0.1) is 10.1 Å². The molecule has 1 aliphatic heterocycles. The lowest BCUT2D eigenvalue weighted by Crippen LogP contribution is -2.48. The summed E-state index contributed by atoms with van der Waals surface area (Å²) in [5.74, 6) is -0.618. The van der Waals surface area contributed by atoms with Gasteiger partial charge in [-0.1, -0.05) is 48.0 Å². The van der Waals surface area contributed by atoms with Crippen LogP contribution in [0.2, 0.25) is 0 Å². The molecular formula is C20H16ClN3O4. The van der Waals surface area contributed by atoms with Crippen molar-refractivity contribution in [3.63, 3.8) is 0 Å². The van der Waals surface area contributed by atoms with Crippen molar-refractivity contribution in [2.75, 3.05) is 31.1 Å². The van der Waals surface area contributed by atoms with Gasteiger partial charge in [0.2, 0.25) is 11.6 Å². The maximum absolute atomic E-state index is 12.9. The summed E-state index contributed by atoms with van der Waals surface area (Å²) in [6.45, 7) is 1.81. The first-order chi connectivity index (χ1) is 13.5. The van der Waals surface area contributed by atoms with Crippen molar-refractivity contribution in [1.82, 2.24) is 4.90 Å². The second-order valence-corrected chi connectivity index (χ2v) is 6.96. The number of hydrogen-bond donors (Lipinski definition) is 0. The standard InChI is InChI=1S/C20H16ClN3O4/c21-17-18(20(26)14-6-2-1-5-13(14)19(17)25)23-11-9-22(10-12-23)15-7-3-4-8-16(15)24(27)28/h1-8H,9-12H2. The molecule has 0 spiro atoms. The molecule has 2 aliphatic rings. The van der Waals surface area contributed by atoms with Crippen molar-refractivity contribution >= 4 is 34.5 Å². The largest absolute Gasteiger partial charge is 0.363 e. The third-order valence-corrected chi connectivity index (χ3v) is 5.40. The van der Waals surface area contributed by atoms with E-state index in [-0.39, 0.29) is 28.0 Å². The van der Waals surface area contributed by atoms with Crippen LogP contribution >= 0.6 is 11.6 Å². The molecule has 0 radical (unpaired) electrons. The Morgan fingerprint density at radius 3 is 2.00 bits per heavy atom. The second kappa shape index (κ2) is 7.09. The zero-order valence-corrected chi connectivity index (χ0v) is 15.6. The number of allylic oxidation sites excluding steroid dienone is 2. The summed E-state index contributed by atoms with van der Waals surface area (Å²) in [6.07, 6.45) is 0. The third kappa shape index (κ3) is 2.93. The van der Waals surface area contributed by atoms with Crippen molar-refractivity contribution in [3.05, 3.63) is 80.5 Å². The first-order valence-electron chi connectivity index (χ1n) is 8.80. The zero-order valence-electron chi connectivity index (χ0n) is 14.8. The fourth-order valence-electron chi connectivity index (χ4n) is 3.67. The molecule has 0 atom stereocenters. The number of rotatable bonds is 3. The molecule has 28 heavy (non-hydrogen) atoms. The monoisotopic (exact) mass is 397 g/mol. The molecule has 2 aromatic rings. The Bertz CT molecular complexity index is 1030. The maximum atomic E-state index is 12.9. The van der Waals surface area contributed by atoms with Crippen molar-refractivity contribution in [2.24, 2.45) is 0 Å². The van der Waals surface area contributed by atoms with Crippen LogP contribution in [-0.2, 0) is 0 Å². The molecule has 0 unspecified atom stereocenters. The number of carbonyl (C=O) groups excluding carboxylic acids is 2. The van der Waals surface area contributed by atoms with Gasteiger partial charge < -0.3 is 9.80 Å². The molecule has 1 fully saturated rings. The van der Waals surface area contributed by atoms with Crippen LogP contribution in [0.1, 0.15) is 20.7 Å². The average Bonchev–Trinajstić information content (AvgIpc) is 2.73. The highest BCUT2D eigenvalue weighted by Crippen LogP contribution is 2.33. The Hall–Kier alpha value is -3.19. The number of nitro groups is 1. The van der Waals surface area contributed by atoms with E-state index in [4.69, 9.17) is 11.6 Å². The number of nitrogens with zero attached hydrogens (tertiary/aromatic N) is 3. The summed E-state index contributed by atoms with van der Waals surface area (Å²) in [4.78, 5) is 40.1. The van der Waals surface area contributed by atoms with Crippen molar-refractivity contribution < 1.29 is 14.5 Å². The van der Waals surface area contributed by atoms with Crippen LogP contribution in [0.3, 0.4) is 0 Å². The number of nitro benzene ring substituents is 1. The summed E-state index contributed by atoms with van der Waals surface area (Å²) < 4.78 is 0. The molecule has 0 amide bonds. The predicted molar refractivity (Wildman–Crippen MR) is 105 cm³/mol. The van der Waals surface area contributed by atoms with E-state index in [1.807, 2.05) is 4.90 Å². The highest BCUT2D eigenvalue weighted by Gasteiger charge is 2.35. The first kappa shape index (κ1) is 18.2. The molecule has 2 aromatic carbocycles. The van der Waals surface area contributed by atoms with E-state index in [1.54, 1.807) is 47.4 Å². The molecular weight excluding hydrogens is 382 g/mol. The van der Waals surface area contributed by atoms with Gasteiger partial charge in [0.15, 0.2) is 0 Å². The Morgan fingerprint density at radius 1 is 0.821 bits per heavy atom. The Kier molecular flexibility index (Phi) is 4.60. The van der Waals surface area contributed by atoms with Gasteiger partial charge in [0.05, 0.1) is 4.92 Å². The number of anilines is 1. The van der Waals surface area contributed by atoms with Crippen LogP contribution < -0.4 is 4.90 Å². The van der Waals surface area contributed by atoms with E-state index in [1.165, 1.54) is 6.07 Å². The van der Waals surface area contributed by atoms with Gasteiger partial charge in [0, 0.05) is 43.4 Å². The van der Waals surface area contributed by atoms with Gasteiger partial charge in [-0.25, -0.2) is 0 Å². The van der Waals surface area contributed by atoms with E-state index in [2.05, 4.69) is 0 Å². The van der Waals surface area contributed by atoms with Crippen molar-refractivity contribution in [1.29, 1.82) is 0 Å². The first-order valence-corrected chi connectivity index (χ1v) is 9.18. The average molecular weight is 398 g/mol. The van der Waals surface area contributed by atoms with Gasteiger partial charge in [0.25, 0.3) is 5.69 Å². The lowest BCUT2D eigenvalue weighted by molar-refractivity contribution is -0.384. The number of benzene rings is 2. The maximum Gasteiger partial charge on any atom is 0.292 e. The Labute approximate surface area is 166 Å². The predicted octanol–water partition coefficient (Wildman–Crippen LogP) is 3.25. The summed E-state index contributed by atoms with van der Waals surface area (Å²) in [5, 5.41) is 11.2. The van der Waals surface area contributed by atoms with Gasteiger partial charge in [-0.15, -0.1) is 0 Å². The minimum Gasteiger partial charge on any atom is -0.363 e. The number of para-hydroxylation sites is 2. The molecule has 4 rings (SSSR count). The minimum atomic E-state index is -0.401. The summed E-state index contributed by atoms with van der Waals surface area (Å²) in [5.41, 5.74) is 1.48. The molecule has 142 valence electrons. The number of Topliss-reactive ketones (excluding diaryl/α,β-unsaturated/α-hetero) is 2. The van der Waals surface area contributed by atoms with Gasteiger partial charge >= 0.3 is 0 Å². The fraction of sp³-hybridized carbons (Fsp3) is 0.200. The Balaban J connectivity index is 1.58. The topological polar surface area (TPSA) is 83.8 Å². The SMILES string of the molecule is O=C1C(Cl)=C(N2CCN(c3ccccc3[N+](=O)[O-])CC2)C(=O)c2ccccc21.